The van der Waals surface area contributed by atoms with Gasteiger partial charge in [0.15, 0.2) is 9.84 Å². The average Bonchev–Trinajstić information content (AvgIpc) is 3.14. The molecule has 1 fully saturated rings. The maximum Gasteiger partial charge on any atom is 0.270 e. The lowest BCUT2D eigenvalue weighted by atomic mass is 10.1. The summed E-state index contributed by atoms with van der Waals surface area (Å²) in [6.07, 6.45) is 0.534. The number of nitrogens with zero attached hydrogens (tertiary/aromatic N) is 4. The topological polar surface area (TPSA) is 115 Å². The second kappa shape index (κ2) is 7.34. The fraction of sp³-hybridized carbons (Fsp3) is 0.444. The molecule has 3 rings (SSSR count). The second-order valence-electron chi connectivity index (χ2n) is 7.12. The van der Waals surface area contributed by atoms with Gasteiger partial charge in [-0.1, -0.05) is 6.07 Å². The van der Waals surface area contributed by atoms with Gasteiger partial charge in [0.1, 0.15) is 0 Å². The Morgan fingerprint density at radius 2 is 2.11 bits per heavy atom. The van der Waals surface area contributed by atoms with Crippen LogP contribution in [0, 0.1) is 24.0 Å². The Bertz CT molecular complexity index is 1040. The number of rotatable bonds is 5. The molecule has 1 amide bonds. The molecule has 1 aromatic carbocycles. The highest BCUT2D eigenvalue weighted by Crippen LogP contribution is 2.27. The van der Waals surface area contributed by atoms with E-state index in [1.54, 1.807) is 17.8 Å². The van der Waals surface area contributed by atoms with E-state index in [1.807, 2.05) is 13.8 Å². The lowest BCUT2D eigenvalue weighted by Gasteiger charge is -2.18. The van der Waals surface area contributed by atoms with Crippen LogP contribution in [0.1, 0.15) is 39.8 Å². The van der Waals surface area contributed by atoms with Crippen LogP contribution < -0.4 is 0 Å². The highest BCUT2D eigenvalue weighted by molar-refractivity contribution is 7.91. The van der Waals surface area contributed by atoms with Crippen LogP contribution in [0.4, 0.5) is 5.69 Å². The lowest BCUT2D eigenvalue weighted by Crippen LogP contribution is -2.26. The first-order valence-corrected chi connectivity index (χ1v) is 10.7. The Balaban J connectivity index is 1.81. The Morgan fingerprint density at radius 1 is 1.39 bits per heavy atom. The van der Waals surface area contributed by atoms with Crippen molar-refractivity contribution in [3.05, 3.63) is 56.9 Å². The number of nitro groups is 1. The fourth-order valence-electron chi connectivity index (χ4n) is 3.53. The standard InChI is InChI=1S/C18H22N4O5S/c1-12-17(13(2)21(19-12)16-7-8-28(26,27)11-16)10-20(3)18(23)14-5-4-6-15(9-14)22(24)25/h4-6,9,16H,7-8,10-11H2,1-3H3/t16-/m1/s1. The van der Waals surface area contributed by atoms with Crippen molar-refractivity contribution in [1.82, 2.24) is 14.7 Å². The van der Waals surface area contributed by atoms with Crippen molar-refractivity contribution >= 4 is 21.4 Å². The SMILES string of the molecule is Cc1nn([C@@H]2CCS(=O)(=O)C2)c(C)c1CN(C)C(=O)c1cccc([N+](=O)[O-])c1. The molecule has 1 aliphatic heterocycles. The van der Waals surface area contributed by atoms with Gasteiger partial charge in [0.25, 0.3) is 11.6 Å². The third kappa shape index (κ3) is 3.91. The molecule has 0 saturated carbocycles. The van der Waals surface area contributed by atoms with Gasteiger partial charge < -0.3 is 4.90 Å². The van der Waals surface area contributed by atoms with Crippen molar-refractivity contribution in [3.8, 4) is 0 Å². The van der Waals surface area contributed by atoms with Gasteiger partial charge in [0.2, 0.25) is 0 Å². The van der Waals surface area contributed by atoms with Gasteiger partial charge in [0.05, 0.1) is 28.2 Å². The number of carbonyl (C=O) groups excluding carboxylic acids is 1. The molecule has 10 heteroatoms. The van der Waals surface area contributed by atoms with Gasteiger partial charge in [0, 0.05) is 42.5 Å². The van der Waals surface area contributed by atoms with Crippen LogP contribution in [-0.4, -0.2) is 52.5 Å². The van der Waals surface area contributed by atoms with Crippen LogP contribution in [0.25, 0.3) is 0 Å². The summed E-state index contributed by atoms with van der Waals surface area (Å²) >= 11 is 0. The van der Waals surface area contributed by atoms with Crippen molar-refractivity contribution in [2.45, 2.75) is 32.9 Å². The molecule has 150 valence electrons. The number of benzene rings is 1. The summed E-state index contributed by atoms with van der Waals surface area (Å²) in [5.41, 5.74) is 2.52. The maximum atomic E-state index is 12.7. The van der Waals surface area contributed by atoms with Crippen molar-refractivity contribution in [3.63, 3.8) is 0 Å². The number of nitro benzene ring substituents is 1. The van der Waals surface area contributed by atoms with E-state index in [0.717, 1.165) is 17.0 Å². The average molecular weight is 406 g/mol. The summed E-state index contributed by atoms with van der Waals surface area (Å²) < 4.78 is 25.3. The van der Waals surface area contributed by atoms with Gasteiger partial charge in [-0.2, -0.15) is 5.10 Å². The molecule has 0 radical (unpaired) electrons. The number of non-ortho nitro benzene ring substituents is 1. The molecule has 1 atom stereocenters. The number of hydrogen-bond acceptors (Lipinski definition) is 6. The Morgan fingerprint density at radius 3 is 2.71 bits per heavy atom. The molecular formula is C18H22N4O5S. The highest BCUT2D eigenvalue weighted by atomic mass is 32.2. The Kier molecular flexibility index (Phi) is 5.24. The number of amides is 1. The summed E-state index contributed by atoms with van der Waals surface area (Å²) in [6, 6.07) is 5.43. The van der Waals surface area contributed by atoms with Crippen LogP contribution >= 0.6 is 0 Å². The number of aryl methyl sites for hydroxylation is 1. The van der Waals surface area contributed by atoms with Crippen LogP contribution in [-0.2, 0) is 16.4 Å². The van der Waals surface area contributed by atoms with Crippen molar-refractivity contribution < 1.29 is 18.1 Å². The molecule has 0 unspecified atom stereocenters. The van der Waals surface area contributed by atoms with E-state index in [4.69, 9.17) is 0 Å². The summed E-state index contributed by atoms with van der Waals surface area (Å²) in [5.74, 6) is -0.0911. The quantitative estimate of drug-likeness (QED) is 0.554. The van der Waals surface area contributed by atoms with E-state index in [9.17, 15) is 23.3 Å². The molecule has 1 aromatic heterocycles. The predicted octanol–water partition coefficient (Wildman–Crippen LogP) is 2.04. The normalized spacial score (nSPS) is 18.2. The van der Waals surface area contributed by atoms with E-state index < -0.39 is 14.8 Å². The van der Waals surface area contributed by atoms with Crippen LogP contribution in [0.3, 0.4) is 0 Å². The molecule has 2 aromatic rings. The highest BCUT2D eigenvalue weighted by Gasteiger charge is 2.31. The first kappa shape index (κ1) is 20.0. The fourth-order valence-corrected chi connectivity index (χ4v) is 5.22. The zero-order valence-electron chi connectivity index (χ0n) is 16.0. The molecule has 2 heterocycles. The largest absolute Gasteiger partial charge is 0.337 e. The Labute approximate surface area is 163 Å². The number of aromatic nitrogens is 2. The van der Waals surface area contributed by atoms with Gasteiger partial charge in [-0.25, -0.2) is 8.42 Å². The zero-order chi connectivity index (χ0) is 20.6. The zero-order valence-corrected chi connectivity index (χ0v) is 16.8. The Hall–Kier alpha value is -2.75. The van der Waals surface area contributed by atoms with Crippen LogP contribution in [0.2, 0.25) is 0 Å². The van der Waals surface area contributed by atoms with E-state index in [2.05, 4.69) is 5.10 Å². The summed E-state index contributed by atoms with van der Waals surface area (Å²) in [4.78, 5) is 24.6. The van der Waals surface area contributed by atoms with Crippen molar-refractivity contribution in [2.75, 3.05) is 18.6 Å². The maximum absolute atomic E-state index is 12.7. The first-order valence-electron chi connectivity index (χ1n) is 8.84. The molecule has 0 bridgehead atoms. The molecular weight excluding hydrogens is 384 g/mol. The third-order valence-electron chi connectivity index (χ3n) is 5.08. The van der Waals surface area contributed by atoms with Crippen LogP contribution in [0.15, 0.2) is 24.3 Å². The monoisotopic (exact) mass is 406 g/mol. The van der Waals surface area contributed by atoms with Gasteiger partial charge in [-0.15, -0.1) is 0 Å². The summed E-state index contributed by atoms with van der Waals surface area (Å²) in [6.45, 7) is 3.97. The minimum absolute atomic E-state index is 0.0802. The second-order valence-corrected chi connectivity index (χ2v) is 9.35. The molecule has 28 heavy (non-hydrogen) atoms. The van der Waals surface area contributed by atoms with Gasteiger partial charge >= 0.3 is 0 Å². The predicted molar refractivity (Wildman–Crippen MR) is 103 cm³/mol. The molecule has 1 saturated heterocycles. The molecule has 1 aliphatic rings. The van der Waals surface area contributed by atoms with E-state index in [1.165, 1.54) is 23.1 Å². The third-order valence-corrected chi connectivity index (χ3v) is 6.83. The summed E-state index contributed by atoms with van der Waals surface area (Å²) in [5, 5.41) is 15.4. The minimum atomic E-state index is -3.03. The number of sulfone groups is 1. The molecule has 0 aliphatic carbocycles. The van der Waals surface area contributed by atoms with Crippen molar-refractivity contribution in [1.29, 1.82) is 0 Å². The van der Waals surface area contributed by atoms with Gasteiger partial charge in [-0.3, -0.25) is 19.6 Å². The molecule has 0 N–H and O–H groups in total. The van der Waals surface area contributed by atoms with E-state index in [-0.39, 0.29) is 41.3 Å². The first-order chi connectivity index (χ1) is 13.1. The van der Waals surface area contributed by atoms with Gasteiger partial charge in [-0.05, 0) is 26.3 Å². The molecule has 9 nitrogen and oxygen atoms in total. The van der Waals surface area contributed by atoms with E-state index in [0.29, 0.717) is 6.42 Å². The number of hydrogen-bond donors (Lipinski definition) is 0. The minimum Gasteiger partial charge on any atom is -0.337 e. The van der Waals surface area contributed by atoms with Crippen LogP contribution in [0.5, 0.6) is 0 Å². The lowest BCUT2D eigenvalue weighted by molar-refractivity contribution is -0.384. The molecule has 0 spiro atoms. The summed E-state index contributed by atoms with van der Waals surface area (Å²) in [7, 11) is -1.41. The van der Waals surface area contributed by atoms with E-state index >= 15 is 0 Å². The number of carbonyl (C=O) groups is 1. The van der Waals surface area contributed by atoms with Crippen molar-refractivity contribution in [2.24, 2.45) is 0 Å². The smallest absolute Gasteiger partial charge is 0.270 e.